The summed E-state index contributed by atoms with van der Waals surface area (Å²) in [5.74, 6) is -0.331. The van der Waals surface area contributed by atoms with Crippen molar-refractivity contribution >= 4 is 23.2 Å². The maximum absolute atomic E-state index is 12.3. The Balaban J connectivity index is 1.96. The Morgan fingerprint density at radius 3 is 2.90 bits per heavy atom. The van der Waals surface area contributed by atoms with E-state index in [1.54, 1.807) is 31.2 Å². The van der Waals surface area contributed by atoms with Crippen molar-refractivity contribution in [3.63, 3.8) is 0 Å². The second-order valence-electron chi connectivity index (χ2n) is 5.11. The van der Waals surface area contributed by atoms with Crippen LogP contribution in [0.5, 0.6) is 0 Å². The number of likely N-dealkylation sites (N-methyl/N-ethyl adjacent to an activating group) is 1. The van der Waals surface area contributed by atoms with E-state index in [4.69, 9.17) is 4.74 Å². The van der Waals surface area contributed by atoms with Gasteiger partial charge < -0.3 is 19.6 Å². The summed E-state index contributed by atoms with van der Waals surface area (Å²) < 4.78 is 5.25. The number of ether oxygens (including phenoxy) is 1. The van der Waals surface area contributed by atoms with Crippen LogP contribution in [0.1, 0.15) is 16.1 Å². The number of aliphatic hydroxyl groups is 1. The van der Waals surface area contributed by atoms with Crippen LogP contribution < -0.4 is 0 Å². The number of hydrogen-bond acceptors (Lipinski definition) is 5. The maximum atomic E-state index is 12.3. The highest BCUT2D eigenvalue weighted by atomic mass is 32.1. The minimum absolute atomic E-state index is 0.00364. The zero-order valence-electron chi connectivity index (χ0n) is 12.2. The Morgan fingerprint density at radius 2 is 2.33 bits per heavy atom. The first-order valence-electron chi connectivity index (χ1n) is 6.79. The molecular weight excluding hydrogens is 292 g/mol. The van der Waals surface area contributed by atoms with E-state index in [1.165, 1.54) is 16.2 Å². The fourth-order valence-corrected chi connectivity index (χ4v) is 3.19. The number of carbonyl (C=O) groups is 2. The lowest BCUT2D eigenvalue weighted by Gasteiger charge is -2.25. The minimum Gasteiger partial charge on any atom is -0.394 e. The SMILES string of the molecule is CO[C@@H]1C[C@@H](CO)N(C(=O)CN(C)C(=O)c2cccs2)C1. The Bertz CT molecular complexity index is 491. The van der Waals surface area contributed by atoms with Crippen LogP contribution in [0.2, 0.25) is 0 Å². The van der Waals surface area contributed by atoms with E-state index in [2.05, 4.69) is 0 Å². The molecule has 0 aromatic carbocycles. The van der Waals surface area contributed by atoms with Crippen LogP contribution in [-0.4, -0.2) is 72.7 Å². The number of aliphatic hydroxyl groups excluding tert-OH is 1. The van der Waals surface area contributed by atoms with E-state index in [-0.39, 0.29) is 37.1 Å². The molecule has 116 valence electrons. The van der Waals surface area contributed by atoms with Gasteiger partial charge in [-0.2, -0.15) is 0 Å². The summed E-state index contributed by atoms with van der Waals surface area (Å²) in [4.78, 5) is 28.1. The molecule has 1 saturated heterocycles. The van der Waals surface area contributed by atoms with E-state index >= 15 is 0 Å². The molecule has 1 aromatic heterocycles. The van der Waals surface area contributed by atoms with Crippen molar-refractivity contribution in [3.8, 4) is 0 Å². The fourth-order valence-electron chi connectivity index (χ4n) is 2.48. The largest absolute Gasteiger partial charge is 0.394 e. The lowest BCUT2D eigenvalue weighted by atomic mass is 10.2. The van der Waals surface area contributed by atoms with Crippen molar-refractivity contribution in [2.75, 3.05) is 33.9 Å². The van der Waals surface area contributed by atoms with Crippen molar-refractivity contribution in [2.24, 2.45) is 0 Å². The highest BCUT2D eigenvalue weighted by Crippen LogP contribution is 2.20. The second-order valence-corrected chi connectivity index (χ2v) is 6.06. The van der Waals surface area contributed by atoms with Crippen molar-refractivity contribution in [1.82, 2.24) is 9.80 Å². The predicted molar refractivity (Wildman–Crippen MR) is 79.3 cm³/mol. The maximum Gasteiger partial charge on any atom is 0.264 e. The number of thiophene rings is 1. The van der Waals surface area contributed by atoms with Gasteiger partial charge in [-0.1, -0.05) is 6.07 Å². The number of methoxy groups -OCH3 is 1. The van der Waals surface area contributed by atoms with Crippen LogP contribution in [0.3, 0.4) is 0 Å². The molecule has 1 aromatic rings. The second kappa shape index (κ2) is 7.02. The van der Waals surface area contributed by atoms with Gasteiger partial charge >= 0.3 is 0 Å². The average Bonchev–Trinajstić information content (AvgIpc) is 3.14. The number of carbonyl (C=O) groups excluding carboxylic acids is 2. The highest BCUT2D eigenvalue weighted by molar-refractivity contribution is 7.12. The van der Waals surface area contributed by atoms with Crippen molar-refractivity contribution < 1.29 is 19.4 Å². The summed E-state index contributed by atoms with van der Waals surface area (Å²) in [6.45, 7) is 0.374. The van der Waals surface area contributed by atoms with Gasteiger partial charge in [0.25, 0.3) is 5.91 Å². The molecule has 1 aliphatic heterocycles. The molecule has 0 aliphatic carbocycles. The summed E-state index contributed by atoms with van der Waals surface area (Å²) >= 11 is 1.35. The number of likely N-dealkylation sites (tertiary alicyclic amines) is 1. The Hall–Kier alpha value is -1.44. The number of rotatable bonds is 5. The predicted octanol–water partition coefficient (Wildman–Crippen LogP) is 0.428. The Morgan fingerprint density at radius 1 is 1.57 bits per heavy atom. The normalized spacial score (nSPS) is 21.6. The third-order valence-corrected chi connectivity index (χ3v) is 4.55. The third-order valence-electron chi connectivity index (χ3n) is 3.69. The van der Waals surface area contributed by atoms with E-state index in [9.17, 15) is 14.7 Å². The summed E-state index contributed by atoms with van der Waals surface area (Å²) in [6, 6.07) is 3.31. The van der Waals surface area contributed by atoms with Crippen LogP contribution >= 0.6 is 11.3 Å². The van der Waals surface area contributed by atoms with Gasteiger partial charge in [-0.05, 0) is 17.9 Å². The number of nitrogens with zero attached hydrogens (tertiary/aromatic N) is 2. The summed E-state index contributed by atoms with van der Waals surface area (Å²) in [5, 5.41) is 11.2. The van der Waals surface area contributed by atoms with Gasteiger partial charge in [0.05, 0.1) is 30.2 Å². The molecule has 0 radical (unpaired) electrons. The molecule has 7 heteroatoms. The monoisotopic (exact) mass is 312 g/mol. The molecule has 6 nitrogen and oxygen atoms in total. The quantitative estimate of drug-likeness (QED) is 0.856. The molecule has 0 unspecified atom stereocenters. The Labute approximate surface area is 127 Å². The van der Waals surface area contributed by atoms with Gasteiger partial charge in [-0.15, -0.1) is 11.3 Å². The van der Waals surface area contributed by atoms with Crippen molar-refractivity contribution in [3.05, 3.63) is 22.4 Å². The van der Waals surface area contributed by atoms with Crippen LogP contribution in [0.4, 0.5) is 0 Å². The molecule has 2 heterocycles. The van der Waals surface area contributed by atoms with Crippen LogP contribution in [0.15, 0.2) is 17.5 Å². The lowest BCUT2D eigenvalue weighted by Crippen LogP contribution is -2.44. The molecule has 0 spiro atoms. The third kappa shape index (κ3) is 3.61. The first-order chi connectivity index (χ1) is 10.1. The number of hydrogen-bond donors (Lipinski definition) is 1. The standard InChI is InChI=1S/C14H20N2O4S/c1-15(14(19)12-4-3-5-21-12)8-13(18)16-7-11(20-2)6-10(16)9-17/h3-5,10-11,17H,6-9H2,1-2H3/t10-,11+/m0/s1. The van der Waals surface area contributed by atoms with Crippen molar-refractivity contribution in [2.45, 2.75) is 18.6 Å². The molecule has 1 N–H and O–H groups in total. The molecule has 0 saturated carbocycles. The zero-order chi connectivity index (χ0) is 15.4. The summed E-state index contributed by atoms with van der Waals surface area (Å²) in [7, 11) is 3.21. The Kier molecular flexibility index (Phi) is 5.33. The minimum atomic E-state index is -0.229. The summed E-state index contributed by atoms with van der Waals surface area (Å²) in [5.41, 5.74) is 0. The average molecular weight is 312 g/mol. The van der Waals surface area contributed by atoms with E-state index in [0.717, 1.165) is 0 Å². The van der Waals surface area contributed by atoms with Crippen LogP contribution in [0, 0.1) is 0 Å². The molecule has 1 fully saturated rings. The molecule has 2 atom stereocenters. The van der Waals surface area contributed by atoms with Gasteiger partial charge in [-0.3, -0.25) is 9.59 Å². The van der Waals surface area contributed by atoms with E-state index in [0.29, 0.717) is 17.8 Å². The van der Waals surface area contributed by atoms with Crippen LogP contribution in [-0.2, 0) is 9.53 Å². The molecule has 2 rings (SSSR count). The molecule has 2 amide bonds. The van der Waals surface area contributed by atoms with Gasteiger partial charge in [0, 0.05) is 20.7 Å². The molecule has 21 heavy (non-hydrogen) atoms. The highest BCUT2D eigenvalue weighted by Gasteiger charge is 2.35. The molecular formula is C14H20N2O4S. The topological polar surface area (TPSA) is 70.1 Å². The van der Waals surface area contributed by atoms with Crippen molar-refractivity contribution in [1.29, 1.82) is 0 Å². The van der Waals surface area contributed by atoms with Crippen LogP contribution in [0.25, 0.3) is 0 Å². The van der Waals surface area contributed by atoms with Gasteiger partial charge in [0.15, 0.2) is 0 Å². The smallest absolute Gasteiger partial charge is 0.264 e. The molecule has 0 bridgehead atoms. The fraction of sp³-hybridized carbons (Fsp3) is 0.571. The van der Waals surface area contributed by atoms with Gasteiger partial charge in [0.2, 0.25) is 5.91 Å². The van der Waals surface area contributed by atoms with E-state index < -0.39 is 0 Å². The van der Waals surface area contributed by atoms with Gasteiger partial charge in [0.1, 0.15) is 0 Å². The first kappa shape index (κ1) is 15.9. The molecule has 1 aliphatic rings. The van der Waals surface area contributed by atoms with E-state index in [1.807, 2.05) is 5.38 Å². The van der Waals surface area contributed by atoms with Gasteiger partial charge in [-0.25, -0.2) is 0 Å². The zero-order valence-corrected chi connectivity index (χ0v) is 13.0. The summed E-state index contributed by atoms with van der Waals surface area (Å²) in [6.07, 6.45) is 0.575. The lowest BCUT2D eigenvalue weighted by molar-refractivity contribution is -0.133. The first-order valence-corrected chi connectivity index (χ1v) is 7.66. The number of amides is 2.